The number of nitrogens with zero attached hydrogens (tertiary/aromatic N) is 4. The molecule has 1 amide bonds. The highest BCUT2D eigenvalue weighted by atomic mass is 32.1. The number of thiazole rings is 1. The molecule has 0 unspecified atom stereocenters. The van der Waals surface area contributed by atoms with Crippen LogP contribution in [0.2, 0.25) is 0 Å². The summed E-state index contributed by atoms with van der Waals surface area (Å²) >= 11 is 6.41. The fourth-order valence-electron chi connectivity index (χ4n) is 2.14. The average Bonchev–Trinajstić information content (AvgIpc) is 3.07. The molecule has 0 aliphatic carbocycles. The fourth-order valence-corrected chi connectivity index (χ4v) is 3.45. The predicted molar refractivity (Wildman–Crippen MR) is 92.8 cm³/mol. The highest BCUT2D eigenvalue weighted by Gasteiger charge is 2.14. The van der Waals surface area contributed by atoms with Crippen molar-refractivity contribution in [3.8, 4) is 0 Å². The molecular weight excluding hydrogens is 350 g/mol. The second-order valence-electron chi connectivity index (χ2n) is 4.97. The third kappa shape index (κ3) is 3.05. The summed E-state index contributed by atoms with van der Waals surface area (Å²) < 4.78 is 8.78. The van der Waals surface area contributed by atoms with Gasteiger partial charge in [0.25, 0.3) is 5.56 Å². The summed E-state index contributed by atoms with van der Waals surface area (Å²) in [6.07, 6.45) is 3.02. The third-order valence-corrected chi connectivity index (χ3v) is 4.59. The van der Waals surface area contributed by atoms with Gasteiger partial charge in [-0.05, 0) is 19.1 Å². The molecule has 0 saturated heterocycles. The van der Waals surface area contributed by atoms with Gasteiger partial charge in [0, 0.05) is 12.6 Å². The second-order valence-corrected chi connectivity index (χ2v) is 6.61. The maximum atomic E-state index is 12.5. The smallest absolute Gasteiger partial charge is 0.273 e. The molecule has 0 saturated carbocycles. The molecule has 3 heterocycles. The SMILES string of the molecule is C=CCn1c(=S)sc2c(=O)n(CC(=O)Nc3cc(C)on3)cnc21. The van der Waals surface area contributed by atoms with Crippen molar-refractivity contribution in [2.45, 2.75) is 20.0 Å². The van der Waals surface area contributed by atoms with E-state index >= 15 is 0 Å². The molecule has 3 rings (SSSR count). The molecule has 0 aromatic carbocycles. The van der Waals surface area contributed by atoms with Crippen molar-refractivity contribution in [3.63, 3.8) is 0 Å². The van der Waals surface area contributed by atoms with E-state index in [0.717, 1.165) is 0 Å². The van der Waals surface area contributed by atoms with Crippen LogP contribution in [0.4, 0.5) is 5.82 Å². The topological polar surface area (TPSA) is 95.0 Å². The van der Waals surface area contributed by atoms with E-state index in [1.54, 1.807) is 23.6 Å². The van der Waals surface area contributed by atoms with Crippen LogP contribution in [0.5, 0.6) is 0 Å². The van der Waals surface area contributed by atoms with Crippen molar-refractivity contribution in [3.05, 3.63) is 45.1 Å². The van der Waals surface area contributed by atoms with E-state index in [1.807, 2.05) is 0 Å². The molecule has 124 valence electrons. The van der Waals surface area contributed by atoms with Gasteiger partial charge in [-0.2, -0.15) is 0 Å². The summed E-state index contributed by atoms with van der Waals surface area (Å²) in [6, 6.07) is 1.59. The molecule has 3 aromatic heterocycles. The van der Waals surface area contributed by atoms with Gasteiger partial charge in [-0.1, -0.05) is 22.6 Å². The van der Waals surface area contributed by atoms with Crippen LogP contribution in [0.1, 0.15) is 5.76 Å². The van der Waals surface area contributed by atoms with Gasteiger partial charge in [0.1, 0.15) is 23.3 Å². The summed E-state index contributed by atoms with van der Waals surface area (Å²) in [5.74, 6) is 0.474. The van der Waals surface area contributed by atoms with Gasteiger partial charge in [0.2, 0.25) is 5.91 Å². The first kappa shape index (κ1) is 16.3. The number of aromatic nitrogens is 4. The first-order chi connectivity index (χ1) is 11.5. The van der Waals surface area contributed by atoms with Crippen molar-refractivity contribution in [1.29, 1.82) is 0 Å². The number of hydrogen-bond donors (Lipinski definition) is 1. The molecule has 0 fully saturated rings. The van der Waals surface area contributed by atoms with E-state index in [2.05, 4.69) is 22.0 Å². The molecule has 8 nitrogen and oxygen atoms in total. The third-order valence-electron chi connectivity index (χ3n) is 3.16. The summed E-state index contributed by atoms with van der Waals surface area (Å²) in [6.45, 7) is 5.67. The average molecular weight is 363 g/mol. The minimum Gasteiger partial charge on any atom is -0.360 e. The van der Waals surface area contributed by atoms with Crippen LogP contribution < -0.4 is 10.9 Å². The monoisotopic (exact) mass is 363 g/mol. The lowest BCUT2D eigenvalue weighted by molar-refractivity contribution is -0.116. The number of allylic oxidation sites excluding steroid dienone is 1. The molecule has 10 heteroatoms. The zero-order valence-electron chi connectivity index (χ0n) is 12.7. The minimum atomic E-state index is -0.402. The molecule has 24 heavy (non-hydrogen) atoms. The van der Waals surface area contributed by atoms with Crippen molar-refractivity contribution in [1.82, 2.24) is 19.3 Å². The van der Waals surface area contributed by atoms with Crippen LogP contribution in [0.25, 0.3) is 10.3 Å². The van der Waals surface area contributed by atoms with Crippen LogP contribution in [0.3, 0.4) is 0 Å². The van der Waals surface area contributed by atoms with Gasteiger partial charge < -0.3 is 14.4 Å². The van der Waals surface area contributed by atoms with Gasteiger partial charge >= 0.3 is 0 Å². The largest absolute Gasteiger partial charge is 0.360 e. The number of hydrogen-bond acceptors (Lipinski definition) is 7. The molecule has 0 aliphatic heterocycles. The quantitative estimate of drug-likeness (QED) is 0.551. The van der Waals surface area contributed by atoms with Crippen LogP contribution in [0.15, 0.2) is 34.4 Å². The number of anilines is 1. The van der Waals surface area contributed by atoms with E-state index < -0.39 is 5.91 Å². The van der Waals surface area contributed by atoms with E-state index in [1.165, 1.54) is 22.2 Å². The van der Waals surface area contributed by atoms with Crippen molar-refractivity contribution < 1.29 is 9.32 Å². The Kier molecular flexibility index (Phi) is 4.40. The van der Waals surface area contributed by atoms with Crippen molar-refractivity contribution >= 4 is 45.6 Å². The van der Waals surface area contributed by atoms with Crippen molar-refractivity contribution in [2.75, 3.05) is 5.32 Å². The number of aryl methyl sites for hydroxylation is 1. The highest BCUT2D eigenvalue weighted by Crippen LogP contribution is 2.17. The first-order valence-electron chi connectivity index (χ1n) is 6.92. The number of fused-ring (bicyclic) bond motifs is 1. The highest BCUT2D eigenvalue weighted by molar-refractivity contribution is 7.73. The lowest BCUT2D eigenvalue weighted by Crippen LogP contribution is -2.27. The summed E-state index contributed by atoms with van der Waals surface area (Å²) in [4.78, 5) is 28.8. The van der Waals surface area contributed by atoms with Gasteiger partial charge in [0.15, 0.2) is 15.4 Å². The van der Waals surface area contributed by atoms with Gasteiger partial charge in [-0.3, -0.25) is 14.2 Å². The Balaban J connectivity index is 1.89. The first-order valence-corrected chi connectivity index (χ1v) is 8.15. The van der Waals surface area contributed by atoms with E-state index in [-0.39, 0.29) is 12.1 Å². The standard InChI is InChI=1S/C14H13N5O3S2/c1-3-4-19-12-11(24-14(19)23)13(21)18(7-15-12)6-10(20)16-9-5-8(2)22-17-9/h3,5,7H,1,4,6H2,2H3,(H,16,17,20). The van der Waals surface area contributed by atoms with E-state index in [4.69, 9.17) is 16.7 Å². The normalized spacial score (nSPS) is 10.9. The molecule has 3 aromatic rings. The zero-order chi connectivity index (χ0) is 17.3. The Hall–Kier alpha value is -2.59. The number of nitrogens with one attached hydrogen (secondary N) is 1. The Morgan fingerprint density at radius 1 is 1.58 bits per heavy atom. The molecule has 0 bridgehead atoms. The molecule has 0 aliphatic rings. The van der Waals surface area contributed by atoms with Gasteiger partial charge in [0.05, 0.1) is 0 Å². The molecular formula is C14H13N5O3S2. The van der Waals surface area contributed by atoms with E-state index in [0.29, 0.717) is 32.4 Å². The fraction of sp³-hybridized carbons (Fsp3) is 0.214. The van der Waals surface area contributed by atoms with E-state index in [9.17, 15) is 9.59 Å². The molecule has 1 N–H and O–H groups in total. The summed E-state index contributed by atoms with van der Waals surface area (Å²) in [5, 5.41) is 6.23. The number of amides is 1. The van der Waals surface area contributed by atoms with Crippen molar-refractivity contribution in [2.24, 2.45) is 0 Å². The van der Waals surface area contributed by atoms with Crippen LogP contribution in [-0.4, -0.2) is 25.2 Å². The number of carbonyl (C=O) groups excluding carboxylic acids is 1. The maximum Gasteiger partial charge on any atom is 0.273 e. The maximum absolute atomic E-state index is 12.5. The second kappa shape index (κ2) is 6.49. The Morgan fingerprint density at radius 2 is 2.38 bits per heavy atom. The Bertz CT molecular complexity index is 1040. The molecule has 0 radical (unpaired) electrons. The lowest BCUT2D eigenvalue weighted by Gasteiger charge is -2.05. The number of rotatable bonds is 5. The lowest BCUT2D eigenvalue weighted by atomic mass is 10.4. The van der Waals surface area contributed by atoms with Crippen LogP contribution in [-0.2, 0) is 17.9 Å². The van der Waals surface area contributed by atoms with Gasteiger partial charge in [-0.15, -0.1) is 6.58 Å². The molecule has 0 spiro atoms. The predicted octanol–water partition coefficient (Wildman–Crippen LogP) is 2.11. The minimum absolute atomic E-state index is 0.181. The molecule has 0 atom stereocenters. The van der Waals surface area contributed by atoms with Crippen LogP contribution >= 0.6 is 23.6 Å². The summed E-state index contributed by atoms with van der Waals surface area (Å²) in [5.41, 5.74) is 0.184. The zero-order valence-corrected chi connectivity index (χ0v) is 14.3. The summed E-state index contributed by atoms with van der Waals surface area (Å²) in [7, 11) is 0. The van der Waals surface area contributed by atoms with Gasteiger partial charge in [-0.25, -0.2) is 4.98 Å². The van der Waals surface area contributed by atoms with Crippen LogP contribution in [0, 0.1) is 10.9 Å². The Labute approximate surface area is 145 Å². The Morgan fingerprint density at radius 3 is 3.04 bits per heavy atom. The number of carbonyl (C=O) groups is 1.